The molecule has 3 rings (SSSR count). The van der Waals surface area contributed by atoms with E-state index in [9.17, 15) is 5.11 Å². The van der Waals surface area contributed by atoms with Gasteiger partial charge in [0.2, 0.25) is 6.79 Å². The molecule has 2 heterocycles. The van der Waals surface area contributed by atoms with Gasteiger partial charge in [-0.3, -0.25) is 0 Å². The van der Waals surface area contributed by atoms with E-state index in [1.54, 1.807) is 0 Å². The number of nitrogens with one attached hydrogen (secondary N) is 1. The van der Waals surface area contributed by atoms with Crippen LogP contribution in [0.4, 0.5) is 0 Å². The summed E-state index contributed by atoms with van der Waals surface area (Å²) in [5.41, 5.74) is 0.977. The number of aliphatic hydroxyl groups is 1. The highest BCUT2D eigenvalue weighted by molar-refractivity contribution is 5.47. The summed E-state index contributed by atoms with van der Waals surface area (Å²) >= 11 is 0. The Labute approximate surface area is 94.2 Å². The minimum absolute atomic E-state index is 0.152. The molecule has 0 bridgehead atoms. The van der Waals surface area contributed by atoms with Gasteiger partial charge in [0.25, 0.3) is 0 Å². The lowest BCUT2D eigenvalue weighted by atomic mass is 9.80. The van der Waals surface area contributed by atoms with E-state index in [1.165, 1.54) is 0 Å². The Morgan fingerprint density at radius 1 is 1.31 bits per heavy atom. The van der Waals surface area contributed by atoms with Gasteiger partial charge in [0.15, 0.2) is 11.5 Å². The van der Waals surface area contributed by atoms with Crippen molar-refractivity contribution in [1.82, 2.24) is 5.32 Å². The highest BCUT2D eigenvalue weighted by atomic mass is 16.7. The van der Waals surface area contributed by atoms with Crippen LogP contribution < -0.4 is 14.8 Å². The van der Waals surface area contributed by atoms with Gasteiger partial charge in [0.05, 0.1) is 6.61 Å². The van der Waals surface area contributed by atoms with Crippen LogP contribution in [0.2, 0.25) is 0 Å². The van der Waals surface area contributed by atoms with E-state index in [4.69, 9.17) is 9.47 Å². The second kappa shape index (κ2) is 3.64. The smallest absolute Gasteiger partial charge is 0.231 e. The molecule has 1 saturated heterocycles. The molecule has 16 heavy (non-hydrogen) atoms. The molecule has 1 aromatic carbocycles. The lowest BCUT2D eigenvalue weighted by molar-refractivity contribution is 0.173. The van der Waals surface area contributed by atoms with E-state index in [0.29, 0.717) is 6.79 Å². The molecule has 0 amide bonds. The largest absolute Gasteiger partial charge is 0.454 e. The molecule has 1 fully saturated rings. The zero-order valence-electron chi connectivity index (χ0n) is 9.03. The first-order valence-corrected chi connectivity index (χ1v) is 5.56. The third-order valence-corrected chi connectivity index (χ3v) is 3.53. The fraction of sp³-hybridized carbons (Fsp3) is 0.500. The molecule has 0 radical (unpaired) electrons. The first-order chi connectivity index (χ1) is 7.84. The van der Waals surface area contributed by atoms with Crippen LogP contribution in [-0.4, -0.2) is 31.6 Å². The van der Waals surface area contributed by atoms with Crippen molar-refractivity contribution in [2.75, 3.05) is 26.5 Å². The first kappa shape index (κ1) is 9.93. The number of rotatable bonds is 2. The van der Waals surface area contributed by atoms with Crippen LogP contribution >= 0.6 is 0 Å². The second-order valence-corrected chi connectivity index (χ2v) is 4.43. The normalized spacial score (nSPS) is 27.3. The summed E-state index contributed by atoms with van der Waals surface area (Å²) in [6, 6.07) is 5.94. The molecule has 86 valence electrons. The van der Waals surface area contributed by atoms with Crippen LogP contribution in [-0.2, 0) is 5.41 Å². The fourth-order valence-electron chi connectivity index (χ4n) is 2.44. The minimum atomic E-state index is -0.152. The Hall–Kier alpha value is -1.26. The van der Waals surface area contributed by atoms with Crippen molar-refractivity contribution in [2.24, 2.45) is 0 Å². The number of aliphatic hydroxyl groups excluding tert-OH is 1. The standard InChI is InChI=1S/C12H15NO3/c14-7-12(3-4-13-6-12)9-1-2-10-11(5-9)16-8-15-10/h1-2,5,13-14H,3-4,6-8H2. The van der Waals surface area contributed by atoms with Crippen molar-refractivity contribution >= 4 is 0 Å². The average molecular weight is 221 g/mol. The fourth-order valence-corrected chi connectivity index (χ4v) is 2.44. The maximum Gasteiger partial charge on any atom is 0.231 e. The molecule has 1 atom stereocenters. The van der Waals surface area contributed by atoms with Gasteiger partial charge in [-0.25, -0.2) is 0 Å². The van der Waals surface area contributed by atoms with Gasteiger partial charge in [-0.05, 0) is 30.7 Å². The summed E-state index contributed by atoms with van der Waals surface area (Å²) < 4.78 is 10.6. The average Bonchev–Trinajstić information content (AvgIpc) is 2.97. The zero-order valence-corrected chi connectivity index (χ0v) is 9.03. The molecule has 1 unspecified atom stereocenters. The molecule has 1 aromatic rings. The van der Waals surface area contributed by atoms with Crippen molar-refractivity contribution in [3.05, 3.63) is 23.8 Å². The number of fused-ring (bicyclic) bond motifs is 1. The number of hydrogen-bond donors (Lipinski definition) is 2. The lowest BCUT2D eigenvalue weighted by Gasteiger charge is -2.26. The van der Waals surface area contributed by atoms with Gasteiger partial charge >= 0.3 is 0 Å². The summed E-state index contributed by atoms with van der Waals surface area (Å²) in [5.74, 6) is 1.58. The maximum atomic E-state index is 9.61. The lowest BCUT2D eigenvalue weighted by Crippen LogP contribution is -2.32. The Balaban J connectivity index is 1.99. The van der Waals surface area contributed by atoms with E-state index < -0.39 is 0 Å². The molecule has 2 aliphatic rings. The molecule has 4 nitrogen and oxygen atoms in total. The summed E-state index contributed by atoms with van der Waals surface area (Å²) in [5, 5.41) is 12.9. The second-order valence-electron chi connectivity index (χ2n) is 4.43. The highest BCUT2D eigenvalue weighted by Crippen LogP contribution is 2.38. The third kappa shape index (κ3) is 1.37. The Morgan fingerprint density at radius 3 is 2.94 bits per heavy atom. The zero-order chi connectivity index (χ0) is 11.0. The predicted octanol–water partition coefficient (Wildman–Crippen LogP) is 0.639. The Morgan fingerprint density at radius 2 is 2.19 bits per heavy atom. The molecule has 4 heteroatoms. The molecule has 2 N–H and O–H groups in total. The van der Waals surface area contributed by atoms with E-state index >= 15 is 0 Å². The summed E-state index contributed by atoms with van der Waals surface area (Å²) in [7, 11) is 0. The number of benzene rings is 1. The first-order valence-electron chi connectivity index (χ1n) is 5.56. The van der Waals surface area contributed by atoms with Crippen LogP contribution in [0, 0.1) is 0 Å². The predicted molar refractivity (Wildman–Crippen MR) is 58.8 cm³/mol. The van der Waals surface area contributed by atoms with Crippen LogP contribution in [0.3, 0.4) is 0 Å². The molecule has 0 aliphatic carbocycles. The molecule has 0 aromatic heterocycles. The van der Waals surface area contributed by atoms with Crippen molar-refractivity contribution in [3.63, 3.8) is 0 Å². The van der Waals surface area contributed by atoms with E-state index in [2.05, 4.69) is 5.32 Å². The van der Waals surface area contributed by atoms with Crippen molar-refractivity contribution in [2.45, 2.75) is 11.8 Å². The minimum Gasteiger partial charge on any atom is -0.454 e. The quantitative estimate of drug-likeness (QED) is 0.769. The van der Waals surface area contributed by atoms with Crippen LogP contribution in [0.15, 0.2) is 18.2 Å². The highest BCUT2D eigenvalue weighted by Gasteiger charge is 2.35. The van der Waals surface area contributed by atoms with Crippen LogP contribution in [0.25, 0.3) is 0 Å². The topological polar surface area (TPSA) is 50.7 Å². The van der Waals surface area contributed by atoms with Gasteiger partial charge < -0.3 is 19.9 Å². The Kier molecular flexibility index (Phi) is 2.26. The van der Waals surface area contributed by atoms with Crippen molar-refractivity contribution in [1.29, 1.82) is 0 Å². The van der Waals surface area contributed by atoms with Crippen LogP contribution in [0.5, 0.6) is 11.5 Å². The monoisotopic (exact) mass is 221 g/mol. The van der Waals surface area contributed by atoms with E-state index in [-0.39, 0.29) is 12.0 Å². The van der Waals surface area contributed by atoms with Gasteiger partial charge in [-0.2, -0.15) is 0 Å². The van der Waals surface area contributed by atoms with Gasteiger partial charge in [-0.15, -0.1) is 0 Å². The van der Waals surface area contributed by atoms with Gasteiger partial charge in [0, 0.05) is 12.0 Å². The molecule has 0 saturated carbocycles. The third-order valence-electron chi connectivity index (χ3n) is 3.53. The van der Waals surface area contributed by atoms with Crippen LogP contribution in [0.1, 0.15) is 12.0 Å². The summed E-state index contributed by atoms with van der Waals surface area (Å²) in [4.78, 5) is 0. The molecular formula is C12H15NO3. The summed E-state index contributed by atoms with van der Waals surface area (Å²) in [6.45, 7) is 2.24. The van der Waals surface area contributed by atoms with Gasteiger partial charge in [0.1, 0.15) is 0 Å². The molecule has 0 spiro atoms. The number of ether oxygens (including phenoxy) is 2. The Bertz CT molecular complexity index is 399. The molecular weight excluding hydrogens is 206 g/mol. The van der Waals surface area contributed by atoms with E-state index in [0.717, 1.165) is 36.6 Å². The van der Waals surface area contributed by atoms with Crippen molar-refractivity contribution < 1.29 is 14.6 Å². The maximum absolute atomic E-state index is 9.61. The SMILES string of the molecule is OCC1(c2ccc3c(c2)OCO3)CCNC1. The van der Waals surface area contributed by atoms with E-state index in [1.807, 2.05) is 18.2 Å². The molecule has 2 aliphatic heterocycles. The van der Waals surface area contributed by atoms with Crippen molar-refractivity contribution in [3.8, 4) is 11.5 Å². The number of hydrogen-bond acceptors (Lipinski definition) is 4. The van der Waals surface area contributed by atoms with Gasteiger partial charge in [-0.1, -0.05) is 6.07 Å². The summed E-state index contributed by atoms with van der Waals surface area (Å²) in [6.07, 6.45) is 0.961.